The Morgan fingerprint density at radius 1 is 1.14 bits per heavy atom. The molecule has 2 rings (SSSR count). The van der Waals surface area contributed by atoms with Gasteiger partial charge in [0, 0.05) is 28.7 Å². The van der Waals surface area contributed by atoms with Gasteiger partial charge in [0.25, 0.3) is 0 Å². The predicted molar refractivity (Wildman–Crippen MR) is 84.2 cm³/mol. The van der Waals surface area contributed by atoms with Crippen molar-refractivity contribution in [2.24, 2.45) is 0 Å². The van der Waals surface area contributed by atoms with Crippen molar-refractivity contribution >= 4 is 11.6 Å². The predicted octanol–water partition coefficient (Wildman–Crippen LogP) is 4.56. The average molecular weight is 308 g/mol. The van der Waals surface area contributed by atoms with Gasteiger partial charge in [-0.3, -0.25) is 0 Å². The van der Waals surface area contributed by atoms with E-state index < -0.39 is 0 Å². The lowest BCUT2D eigenvalue weighted by atomic mass is 10.2. The van der Waals surface area contributed by atoms with Gasteiger partial charge in [0.15, 0.2) is 0 Å². The molecular formula is C17H19ClFNO. The summed E-state index contributed by atoms with van der Waals surface area (Å²) in [5.74, 6) is 0.462. The minimum Gasteiger partial charge on any atom is -0.488 e. The summed E-state index contributed by atoms with van der Waals surface area (Å²) in [6.07, 6.45) is 0. The van der Waals surface area contributed by atoms with Gasteiger partial charge in [-0.25, -0.2) is 4.39 Å². The molecule has 0 radical (unpaired) electrons. The molecule has 0 atom stereocenters. The van der Waals surface area contributed by atoms with Gasteiger partial charge in [-0.15, -0.1) is 0 Å². The topological polar surface area (TPSA) is 21.3 Å². The zero-order valence-corrected chi connectivity index (χ0v) is 13.0. The molecule has 4 heteroatoms. The van der Waals surface area contributed by atoms with E-state index in [9.17, 15) is 4.39 Å². The Morgan fingerprint density at radius 3 is 2.62 bits per heavy atom. The minimum absolute atomic E-state index is 0.197. The van der Waals surface area contributed by atoms with Gasteiger partial charge in [0.05, 0.1) is 0 Å². The van der Waals surface area contributed by atoms with Crippen molar-refractivity contribution in [3.63, 3.8) is 0 Å². The molecule has 0 heterocycles. The number of rotatable bonds is 6. The molecule has 1 N–H and O–H groups in total. The maximum Gasteiger partial charge on any atom is 0.129 e. The molecule has 0 spiro atoms. The third-order valence-corrected chi connectivity index (χ3v) is 3.30. The van der Waals surface area contributed by atoms with Gasteiger partial charge < -0.3 is 10.1 Å². The SMILES string of the molecule is CC(C)NCc1cc(Cl)ccc1OCc1ccccc1F. The van der Waals surface area contributed by atoms with E-state index in [0.29, 0.717) is 23.2 Å². The van der Waals surface area contributed by atoms with Gasteiger partial charge in [0.2, 0.25) is 0 Å². The van der Waals surface area contributed by atoms with Crippen LogP contribution in [-0.4, -0.2) is 6.04 Å². The summed E-state index contributed by atoms with van der Waals surface area (Å²) >= 11 is 6.03. The molecule has 2 aromatic rings. The lowest BCUT2D eigenvalue weighted by Gasteiger charge is -2.14. The number of ether oxygens (including phenoxy) is 1. The highest BCUT2D eigenvalue weighted by Crippen LogP contribution is 2.24. The Kier molecular flexibility index (Phi) is 5.59. The van der Waals surface area contributed by atoms with Crippen LogP contribution < -0.4 is 10.1 Å². The van der Waals surface area contributed by atoms with Gasteiger partial charge >= 0.3 is 0 Å². The van der Waals surface area contributed by atoms with Crippen LogP contribution in [0.4, 0.5) is 4.39 Å². The first-order valence-corrected chi connectivity index (χ1v) is 7.32. The summed E-state index contributed by atoms with van der Waals surface area (Å²) in [5.41, 5.74) is 1.50. The van der Waals surface area contributed by atoms with Crippen molar-refractivity contribution in [1.82, 2.24) is 5.32 Å². The van der Waals surface area contributed by atoms with Crippen molar-refractivity contribution in [3.8, 4) is 5.75 Å². The van der Waals surface area contributed by atoms with Crippen LogP contribution in [-0.2, 0) is 13.2 Å². The molecule has 0 amide bonds. The lowest BCUT2D eigenvalue weighted by molar-refractivity contribution is 0.295. The van der Waals surface area contributed by atoms with E-state index in [2.05, 4.69) is 19.2 Å². The van der Waals surface area contributed by atoms with E-state index >= 15 is 0 Å². The van der Waals surface area contributed by atoms with Crippen LogP contribution in [0.1, 0.15) is 25.0 Å². The molecule has 0 aliphatic carbocycles. The van der Waals surface area contributed by atoms with Gasteiger partial charge in [-0.05, 0) is 24.3 Å². The highest BCUT2D eigenvalue weighted by atomic mass is 35.5. The van der Waals surface area contributed by atoms with Gasteiger partial charge in [0.1, 0.15) is 18.2 Å². The second-order valence-electron chi connectivity index (χ2n) is 5.17. The van der Waals surface area contributed by atoms with Crippen LogP contribution >= 0.6 is 11.6 Å². The minimum atomic E-state index is -0.256. The Bertz CT molecular complexity index is 601. The van der Waals surface area contributed by atoms with Crippen LogP contribution in [0.25, 0.3) is 0 Å². The normalized spacial score (nSPS) is 10.9. The fourth-order valence-corrected chi connectivity index (χ4v) is 2.11. The van der Waals surface area contributed by atoms with Gasteiger partial charge in [-0.2, -0.15) is 0 Å². The number of hydrogen-bond acceptors (Lipinski definition) is 2. The van der Waals surface area contributed by atoms with E-state index in [1.54, 1.807) is 24.3 Å². The van der Waals surface area contributed by atoms with Crippen LogP contribution in [0.5, 0.6) is 5.75 Å². The van der Waals surface area contributed by atoms with Crippen LogP contribution in [0.2, 0.25) is 5.02 Å². The first-order valence-electron chi connectivity index (χ1n) is 6.94. The van der Waals surface area contributed by atoms with E-state index in [1.165, 1.54) is 6.07 Å². The summed E-state index contributed by atoms with van der Waals surface area (Å²) < 4.78 is 19.4. The maximum absolute atomic E-state index is 13.6. The smallest absolute Gasteiger partial charge is 0.129 e. The molecule has 112 valence electrons. The molecule has 0 aliphatic rings. The maximum atomic E-state index is 13.6. The quantitative estimate of drug-likeness (QED) is 0.845. The van der Waals surface area contributed by atoms with Crippen molar-refractivity contribution < 1.29 is 9.13 Å². The van der Waals surface area contributed by atoms with Crippen molar-refractivity contribution in [2.45, 2.75) is 33.0 Å². The van der Waals surface area contributed by atoms with Crippen molar-refractivity contribution in [3.05, 3.63) is 64.4 Å². The molecule has 2 nitrogen and oxygen atoms in total. The largest absolute Gasteiger partial charge is 0.488 e. The zero-order chi connectivity index (χ0) is 15.2. The summed E-state index contributed by atoms with van der Waals surface area (Å²) in [5, 5.41) is 3.99. The molecule has 0 bridgehead atoms. The molecule has 2 aromatic carbocycles. The Morgan fingerprint density at radius 2 is 1.90 bits per heavy atom. The second kappa shape index (κ2) is 7.43. The first kappa shape index (κ1) is 15.8. The zero-order valence-electron chi connectivity index (χ0n) is 12.2. The van der Waals surface area contributed by atoms with Crippen LogP contribution in [0, 0.1) is 5.82 Å². The number of hydrogen-bond donors (Lipinski definition) is 1. The molecule has 0 saturated carbocycles. The second-order valence-corrected chi connectivity index (χ2v) is 5.60. The fourth-order valence-electron chi connectivity index (χ4n) is 1.91. The summed E-state index contributed by atoms with van der Waals surface area (Å²) in [6.45, 7) is 5.00. The molecule has 0 fully saturated rings. The fraction of sp³-hybridized carbons (Fsp3) is 0.294. The van der Waals surface area contributed by atoms with Crippen LogP contribution in [0.3, 0.4) is 0 Å². The standard InChI is InChI=1S/C17H19ClFNO/c1-12(2)20-10-14-9-15(18)7-8-17(14)21-11-13-5-3-4-6-16(13)19/h3-9,12,20H,10-11H2,1-2H3. The van der Waals surface area contributed by atoms with Crippen molar-refractivity contribution in [2.75, 3.05) is 0 Å². The van der Waals surface area contributed by atoms with Crippen LogP contribution in [0.15, 0.2) is 42.5 Å². The van der Waals surface area contributed by atoms with E-state index in [4.69, 9.17) is 16.3 Å². The first-order chi connectivity index (χ1) is 10.1. The number of nitrogens with one attached hydrogen (secondary N) is 1. The molecule has 0 aliphatic heterocycles. The highest BCUT2D eigenvalue weighted by molar-refractivity contribution is 6.30. The average Bonchev–Trinajstić information content (AvgIpc) is 2.45. The summed E-state index contributed by atoms with van der Waals surface area (Å²) in [4.78, 5) is 0. The molecule has 21 heavy (non-hydrogen) atoms. The Balaban J connectivity index is 2.10. The van der Waals surface area contributed by atoms with E-state index in [1.807, 2.05) is 12.1 Å². The number of benzene rings is 2. The van der Waals surface area contributed by atoms with E-state index in [-0.39, 0.29) is 12.4 Å². The molecule has 0 unspecified atom stereocenters. The van der Waals surface area contributed by atoms with E-state index in [0.717, 1.165) is 11.3 Å². The van der Waals surface area contributed by atoms with Gasteiger partial charge in [-0.1, -0.05) is 43.6 Å². The summed E-state index contributed by atoms with van der Waals surface area (Å²) in [6, 6.07) is 12.4. The monoisotopic (exact) mass is 307 g/mol. The lowest BCUT2D eigenvalue weighted by Crippen LogP contribution is -2.22. The Labute approximate surface area is 129 Å². The third-order valence-electron chi connectivity index (χ3n) is 3.06. The highest BCUT2D eigenvalue weighted by Gasteiger charge is 2.07. The molecule has 0 saturated heterocycles. The van der Waals surface area contributed by atoms with Crippen molar-refractivity contribution in [1.29, 1.82) is 0 Å². The molecule has 0 aromatic heterocycles. The Hall–Kier alpha value is -1.58. The molecular weight excluding hydrogens is 289 g/mol. The third kappa shape index (κ3) is 4.73. The number of halogens is 2. The summed E-state index contributed by atoms with van der Waals surface area (Å²) in [7, 11) is 0.